The van der Waals surface area contributed by atoms with E-state index in [1.807, 2.05) is 0 Å². The van der Waals surface area contributed by atoms with Crippen molar-refractivity contribution in [3.05, 3.63) is 0 Å². The van der Waals surface area contributed by atoms with E-state index in [2.05, 4.69) is 38.0 Å². The minimum atomic E-state index is 0.650. The third-order valence-electron chi connectivity index (χ3n) is 4.06. The maximum absolute atomic E-state index is 3.45. The van der Waals surface area contributed by atoms with Crippen LogP contribution in [-0.4, -0.2) is 36.6 Å². The van der Waals surface area contributed by atoms with Crippen molar-refractivity contribution in [3.63, 3.8) is 0 Å². The van der Waals surface area contributed by atoms with E-state index in [0.29, 0.717) is 12.1 Å². The van der Waals surface area contributed by atoms with Crippen LogP contribution in [0.15, 0.2) is 0 Å². The van der Waals surface area contributed by atoms with Gasteiger partial charge in [0.1, 0.15) is 0 Å². The predicted molar refractivity (Wildman–Crippen MR) is 67.2 cm³/mol. The fourth-order valence-electron chi connectivity index (χ4n) is 3.02. The van der Waals surface area contributed by atoms with E-state index < -0.39 is 0 Å². The zero-order chi connectivity index (χ0) is 11.3. The molecule has 0 aromatic rings. The van der Waals surface area contributed by atoms with Gasteiger partial charge in [-0.25, -0.2) is 0 Å². The Balaban J connectivity index is 2.57. The van der Waals surface area contributed by atoms with Gasteiger partial charge in [0.2, 0.25) is 0 Å². The average molecular weight is 212 g/mol. The van der Waals surface area contributed by atoms with Gasteiger partial charge in [0.25, 0.3) is 0 Å². The second-order valence-corrected chi connectivity index (χ2v) is 4.84. The number of likely N-dealkylation sites (tertiary alicyclic amines) is 1. The minimum Gasteiger partial charge on any atom is -0.315 e. The number of rotatable bonds is 5. The Hall–Kier alpha value is -0.0800. The van der Waals surface area contributed by atoms with Crippen LogP contribution < -0.4 is 5.32 Å². The van der Waals surface area contributed by atoms with Crippen molar-refractivity contribution in [2.24, 2.45) is 0 Å². The summed E-state index contributed by atoms with van der Waals surface area (Å²) in [5.74, 6) is 0. The largest absolute Gasteiger partial charge is 0.315 e. The van der Waals surface area contributed by atoms with Gasteiger partial charge in [-0.2, -0.15) is 0 Å². The lowest BCUT2D eigenvalue weighted by molar-refractivity contribution is 0.0793. The molecule has 2 nitrogen and oxygen atoms in total. The van der Waals surface area contributed by atoms with Gasteiger partial charge >= 0.3 is 0 Å². The summed E-state index contributed by atoms with van der Waals surface area (Å²) >= 11 is 0. The molecule has 1 aliphatic rings. The summed E-state index contributed by atoms with van der Waals surface area (Å²) in [6, 6.07) is 2.17. The number of hydrogen-bond acceptors (Lipinski definition) is 2. The van der Waals surface area contributed by atoms with Gasteiger partial charge < -0.3 is 5.32 Å². The minimum absolute atomic E-state index is 0.650. The SMILES string of the molecule is CCC(NC)C(C)N1CCCCC1CC. The van der Waals surface area contributed by atoms with Crippen LogP contribution in [0, 0.1) is 0 Å². The van der Waals surface area contributed by atoms with Crippen LogP contribution >= 0.6 is 0 Å². The number of nitrogens with zero attached hydrogens (tertiary/aromatic N) is 1. The quantitative estimate of drug-likeness (QED) is 0.753. The molecule has 1 aliphatic heterocycles. The predicted octanol–water partition coefficient (Wildman–Crippen LogP) is 2.64. The summed E-state index contributed by atoms with van der Waals surface area (Å²) in [6.45, 7) is 8.30. The molecule has 3 atom stereocenters. The smallest absolute Gasteiger partial charge is 0.0223 e. The highest BCUT2D eigenvalue weighted by Crippen LogP contribution is 2.23. The lowest BCUT2D eigenvalue weighted by Gasteiger charge is -2.42. The number of likely N-dealkylation sites (N-methyl/N-ethyl adjacent to an activating group) is 1. The molecule has 0 spiro atoms. The van der Waals surface area contributed by atoms with Crippen molar-refractivity contribution in [2.45, 2.75) is 71.0 Å². The van der Waals surface area contributed by atoms with Gasteiger partial charge in [-0.3, -0.25) is 4.90 Å². The zero-order valence-electron chi connectivity index (χ0n) is 10.9. The van der Waals surface area contributed by atoms with E-state index in [9.17, 15) is 0 Å². The fraction of sp³-hybridized carbons (Fsp3) is 1.00. The van der Waals surface area contributed by atoms with E-state index in [1.165, 1.54) is 38.6 Å². The van der Waals surface area contributed by atoms with Gasteiger partial charge in [-0.1, -0.05) is 20.3 Å². The lowest BCUT2D eigenvalue weighted by Crippen LogP contribution is -2.52. The van der Waals surface area contributed by atoms with Crippen LogP contribution in [0.1, 0.15) is 52.9 Å². The van der Waals surface area contributed by atoms with Crippen molar-refractivity contribution in [2.75, 3.05) is 13.6 Å². The maximum atomic E-state index is 3.45. The first-order valence-electron chi connectivity index (χ1n) is 6.67. The molecular weight excluding hydrogens is 184 g/mol. The standard InChI is InChI=1S/C13H28N2/c1-5-12-9-7-8-10-15(12)11(3)13(6-2)14-4/h11-14H,5-10H2,1-4H3. The van der Waals surface area contributed by atoms with Crippen molar-refractivity contribution in [1.82, 2.24) is 10.2 Å². The Labute approximate surface area is 95.4 Å². The van der Waals surface area contributed by atoms with Crippen LogP contribution in [0.5, 0.6) is 0 Å². The summed E-state index contributed by atoms with van der Waals surface area (Å²) in [6.07, 6.45) is 6.76. The normalized spacial score (nSPS) is 27.6. The van der Waals surface area contributed by atoms with E-state index in [-0.39, 0.29) is 0 Å². The zero-order valence-corrected chi connectivity index (χ0v) is 10.9. The molecule has 1 heterocycles. The molecule has 1 saturated heterocycles. The van der Waals surface area contributed by atoms with Gasteiger partial charge in [0.15, 0.2) is 0 Å². The molecule has 0 radical (unpaired) electrons. The third kappa shape index (κ3) is 3.18. The average Bonchev–Trinajstić information content (AvgIpc) is 2.30. The molecule has 0 aliphatic carbocycles. The number of piperidine rings is 1. The Morgan fingerprint density at radius 3 is 2.60 bits per heavy atom. The molecule has 1 N–H and O–H groups in total. The monoisotopic (exact) mass is 212 g/mol. The molecule has 0 amide bonds. The highest BCUT2D eigenvalue weighted by molar-refractivity contribution is 4.86. The van der Waals surface area contributed by atoms with Crippen LogP contribution in [0.3, 0.4) is 0 Å². The van der Waals surface area contributed by atoms with Gasteiger partial charge in [-0.15, -0.1) is 0 Å². The van der Waals surface area contributed by atoms with E-state index in [4.69, 9.17) is 0 Å². The number of nitrogens with one attached hydrogen (secondary N) is 1. The molecule has 90 valence electrons. The van der Waals surface area contributed by atoms with Gasteiger partial charge in [0, 0.05) is 18.1 Å². The Morgan fingerprint density at radius 1 is 1.33 bits per heavy atom. The molecule has 2 heteroatoms. The third-order valence-corrected chi connectivity index (χ3v) is 4.06. The maximum Gasteiger partial charge on any atom is 0.0223 e. The molecule has 1 fully saturated rings. The van der Waals surface area contributed by atoms with E-state index >= 15 is 0 Å². The highest BCUT2D eigenvalue weighted by atomic mass is 15.2. The molecule has 0 bridgehead atoms. The summed E-state index contributed by atoms with van der Waals surface area (Å²) in [4.78, 5) is 2.73. The summed E-state index contributed by atoms with van der Waals surface area (Å²) in [7, 11) is 2.09. The Morgan fingerprint density at radius 2 is 2.07 bits per heavy atom. The molecule has 15 heavy (non-hydrogen) atoms. The van der Waals surface area contributed by atoms with Crippen LogP contribution in [0.25, 0.3) is 0 Å². The fourth-order valence-corrected chi connectivity index (χ4v) is 3.02. The molecule has 0 saturated carbocycles. The molecular formula is C13H28N2. The van der Waals surface area contributed by atoms with Crippen LogP contribution in [0.4, 0.5) is 0 Å². The topological polar surface area (TPSA) is 15.3 Å². The van der Waals surface area contributed by atoms with Crippen LogP contribution in [-0.2, 0) is 0 Å². The van der Waals surface area contributed by atoms with Crippen molar-refractivity contribution >= 4 is 0 Å². The summed E-state index contributed by atoms with van der Waals surface area (Å²) in [5.41, 5.74) is 0. The second kappa shape index (κ2) is 6.49. The molecule has 1 rings (SSSR count). The summed E-state index contributed by atoms with van der Waals surface area (Å²) < 4.78 is 0. The van der Waals surface area contributed by atoms with E-state index in [1.54, 1.807) is 0 Å². The van der Waals surface area contributed by atoms with Crippen LogP contribution in [0.2, 0.25) is 0 Å². The molecule has 0 aromatic carbocycles. The first-order valence-corrected chi connectivity index (χ1v) is 6.67. The second-order valence-electron chi connectivity index (χ2n) is 4.84. The van der Waals surface area contributed by atoms with Crippen molar-refractivity contribution in [1.29, 1.82) is 0 Å². The Bertz CT molecular complexity index is 166. The molecule has 3 unspecified atom stereocenters. The Kier molecular flexibility index (Phi) is 5.62. The molecule has 0 aromatic heterocycles. The van der Waals surface area contributed by atoms with Crippen molar-refractivity contribution in [3.8, 4) is 0 Å². The van der Waals surface area contributed by atoms with E-state index in [0.717, 1.165) is 6.04 Å². The van der Waals surface area contributed by atoms with Gasteiger partial charge in [-0.05, 0) is 46.2 Å². The first-order chi connectivity index (χ1) is 7.24. The lowest BCUT2D eigenvalue weighted by atomic mass is 9.95. The first kappa shape index (κ1) is 13.0. The number of hydrogen-bond donors (Lipinski definition) is 1. The van der Waals surface area contributed by atoms with Crippen molar-refractivity contribution < 1.29 is 0 Å². The highest BCUT2D eigenvalue weighted by Gasteiger charge is 2.28. The summed E-state index contributed by atoms with van der Waals surface area (Å²) in [5, 5.41) is 3.45. The van der Waals surface area contributed by atoms with Gasteiger partial charge in [0.05, 0.1) is 0 Å².